The summed E-state index contributed by atoms with van der Waals surface area (Å²) in [6.07, 6.45) is 6.24. The van der Waals surface area contributed by atoms with Crippen LogP contribution in [0.2, 0.25) is 0 Å². The highest BCUT2D eigenvalue weighted by molar-refractivity contribution is 5.69. The number of aromatic nitrogens is 4. The first-order valence-corrected chi connectivity index (χ1v) is 11.6. The van der Waals surface area contributed by atoms with Crippen molar-refractivity contribution in [1.29, 1.82) is 0 Å². The van der Waals surface area contributed by atoms with Gasteiger partial charge in [-0.1, -0.05) is 0 Å². The maximum absolute atomic E-state index is 5.77. The van der Waals surface area contributed by atoms with Crippen LogP contribution in [0.25, 0.3) is 22.5 Å². The van der Waals surface area contributed by atoms with Gasteiger partial charge in [-0.05, 0) is 56.3 Å². The van der Waals surface area contributed by atoms with E-state index < -0.39 is 0 Å². The second-order valence-corrected chi connectivity index (χ2v) is 8.42. The molecule has 2 aliphatic rings. The van der Waals surface area contributed by atoms with Gasteiger partial charge in [-0.2, -0.15) is 0 Å². The zero-order chi connectivity index (χ0) is 22.5. The first-order valence-electron chi connectivity index (χ1n) is 11.6. The van der Waals surface area contributed by atoms with E-state index in [0.29, 0.717) is 25.0 Å². The fraction of sp³-hybridized carbons (Fsp3) is 0.417. The Kier molecular flexibility index (Phi) is 6.59. The van der Waals surface area contributed by atoms with E-state index in [9.17, 15) is 0 Å². The Bertz CT molecular complexity index is 1050. The number of likely N-dealkylation sites (tertiary alicyclic amines) is 1. The van der Waals surface area contributed by atoms with Gasteiger partial charge in [0.15, 0.2) is 0 Å². The lowest BCUT2D eigenvalue weighted by Crippen LogP contribution is -2.37. The van der Waals surface area contributed by atoms with Gasteiger partial charge in [-0.25, -0.2) is 19.9 Å². The first kappa shape index (κ1) is 21.5. The lowest BCUT2D eigenvalue weighted by molar-refractivity contribution is 0.122. The van der Waals surface area contributed by atoms with Crippen molar-refractivity contribution in [3.8, 4) is 22.5 Å². The van der Waals surface area contributed by atoms with Crippen LogP contribution in [-0.2, 0) is 4.74 Å². The highest BCUT2D eigenvalue weighted by Gasteiger charge is 2.17. The van der Waals surface area contributed by atoms with E-state index in [-0.39, 0.29) is 0 Å². The van der Waals surface area contributed by atoms with Gasteiger partial charge in [-0.15, -0.1) is 0 Å². The molecule has 5 heterocycles. The van der Waals surface area contributed by atoms with Crippen molar-refractivity contribution < 1.29 is 4.74 Å². The third kappa shape index (κ3) is 5.37. The van der Waals surface area contributed by atoms with Crippen molar-refractivity contribution >= 4 is 17.6 Å². The Hall–Kier alpha value is -3.30. The second-order valence-electron chi connectivity index (χ2n) is 8.42. The molecule has 33 heavy (non-hydrogen) atoms. The maximum atomic E-state index is 5.77. The molecule has 2 saturated heterocycles. The average molecular weight is 447 g/mol. The summed E-state index contributed by atoms with van der Waals surface area (Å²) in [5, 5.41) is 3.43. The molecule has 0 amide bonds. The van der Waals surface area contributed by atoms with E-state index in [1.54, 1.807) is 12.3 Å². The van der Waals surface area contributed by atoms with Crippen LogP contribution in [0.15, 0.2) is 42.7 Å². The van der Waals surface area contributed by atoms with Crippen molar-refractivity contribution in [2.45, 2.75) is 12.8 Å². The average Bonchev–Trinajstić information content (AvgIpc) is 3.39. The summed E-state index contributed by atoms with van der Waals surface area (Å²) < 4.78 is 5.50. The molecule has 0 radical (unpaired) electrons. The molecule has 0 bridgehead atoms. The summed E-state index contributed by atoms with van der Waals surface area (Å²) in [6.45, 7) is 7.24. The van der Waals surface area contributed by atoms with Gasteiger partial charge in [0.25, 0.3) is 0 Å². The predicted octanol–water partition coefficient (Wildman–Crippen LogP) is 2.53. The van der Waals surface area contributed by atoms with Crippen LogP contribution >= 0.6 is 0 Å². The Balaban J connectivity index is 1.37. The minimum absolute atomic E-state index is 0.485. The molecule has 3 aromatic heterocycles. The lowest BCUT2D eigenvalue weighted by Gasteiger charge is -2.27. The molecule has 2 fully saturated rings. The van der Waals surface area contributed by atoms with Crippen LogP contribution in [0.1, 0.15) is 12.8 Å². The quantitative estimate of drug-likeness (QED) is 0.566. The number of nitrogens with one attached hydrogen (secondary N) is 1. The van der Waals surface area contributed by atoms with Gasteiger partial charge >= 0.3 is 0 Å². The molecule has 9 nitrogen and oxygen atoms in total. The Morgan fingerprint density at radius 3 is 2.21 bits per heavy atom. The van der Waals surface area contributed by atoms with Crippen LogP contribution in [0.5, 0.6) is 0 Å². The second kappa shape index (κ2) is 10.1. The summed E-state index contributed by atoms with van der Waals surface area (Å²) in [6, 6.07) is 9.77. The van der Waals surface area contributed by atoms with E-state index in [1.165, 1.54) is 25.9 Å². The largest absolute Gasteiger partial charge is 0.384 e. The highest BCUT2D eigenvalue weighted by atomic mass is 16.5. The fourth-order valence-electron chi connectivity index (χ4n) is 4.19. The number of hydrogen-bond acceptors (Lipinski definition) is 9. The van der Waals surface area contributed by atoms with E-state index in [4.69, 9.17) is 20.4 Å². The summed E-state index contributed by atoms with van der Waals surface area (Å²) >= 11 is 0. The maximum Gasteiger partial charge on any atom is 0.226 e. The van der Waals surface area contributed by atoms with E-state index in [2.05, 4.69) is 31.2 Å². The van der Waals surface area contributed by atoms with Crippen LogP contribution in [-0.4, -0.2) is 77.3 Å². The van der Waals surface area contributed by atoms with Crippen molar-refractivity contribution in [2.24, 2.45) is 0 Å². The molecular weight excluding hydrogens is 416 g/mol. The minimum atomic E-state index is 0.485. The van der Waals surface area contributed by atoms with Crippen molar-refractivity contribution in [3.05, 3.63) is 42.7 Å². The molecule has 3 aromatic rings. The Morgan fingerprint density at radius 1 is 0.879 bits per heavy atom. The SMILES string of the molecule is Nc1ccc(-c2cc(-c3ccc(NCCN4CCCC4)nc3)nc(N3CCOCC3)n2)cn1. The van der Waals surface area contributed by atoms with E-state index >= 15 is 0 Å². The molecule has 5 rings (SSSR count). The van der Waals surface area contributed by atoms with Crippen LogP contribution < -0.4 is 16.0 Å². The summed E-state index contributed by atoms with van der Waals surface area (Å²) in [4.78, 5) is 23.2. The molecule has 3 N–H and O–H groups in total. The fourth-order valence-corrected chi connectivity index (χ4v) is 4.19. The monoisotopic (exact) mass is 446 g/mol. The van der Waals surface area contributed by atoms with Gasteiger partial charge in [-0.3, -0.25) is 0 Å². The number of pyridine rings is 2. The summed E-state index contributed by atoms with van der Waals surface area (Å²) in [5.41, 5.74) is 9.25. The summed E-state index contributed by atoms with van der Waals surface area (Å²) in [7, 11) is 0. The first-order chi connectivity index (χ1) is 16.2. The molecular formula is C24H30N8O. The number of anilines is 3. The number of rotatable bonds is 7. The summed E-state index contributed by atoms with van der Waals surface area (Å²) in [5.74, 6) is 2.05. The molecule has 172 valence electrons. The number of nitrogens with zero attached hydrogens (tertiary/aromatic N) is 6. The van der Waals surface area contributed by atoms with E-state index in [0.717, 1.165) is 54.5 Å². The normalized spacial score (nSPS) is 16.8. The topological polar surface area (TPSA) is 105 Å². The molecule has 0 unspecified atom stereocenters. The number of nitrogens with two attached hydrogens (primary N) is 1. The minimum Gasteiger partial charge on any atom is -0.384 e. The Morgan fingerprint density at radius 2 is 1.58 bits per heavy atom. The molecule has 0 spiro atoms. The van der Waals surface area contributed by atoms with Crippen molar-refractivity contribution in [2.75, 3.05) is 68.4 Å². The lowest BCUT2D eigenvalue weighted by atomic mass is 10.1. The molecule has 9 heteroatoms. The van der Waals surface area contributed by atoms with Crippen molar-refractivity contribution in [3.63, 3.8) is 0 Å². The highest BCUT2D eigenvalue weighted by Crippen LogP contribution is 2.27. The van der Waals surface area contributed by atoms with Gasteiger partial charge in [0.05, 0.1) is 24.6 Å². The smallest absolute Gasteiger partial charge is 0.226 e. The predicted molar refractivity (Wildman–Crippen MR) is 130 cm³/mol. The number of nitrogen functional groups attached to an aromatic ring is 1. The third-order valence-electron chi connectivity index (χ3n) is 6.08. The molecule has 0 aromatic carbocycles. The number of morpholine rings is 1. The molecule has 0 atom stereocenters. The van der Waals surface area contributed by atoms with Crippen molar-refractivity contribution in [1.82, 2.24) is 24.8 Å². The van der Waals surface area contributed by atoms with Crippen LogP contribution in [0.4, 0.5) is 17.6 Å². The van der Waals surface area contributed by atoms with Gasteiger partial charge < -0.3 is 25.6 Å². The van der Waals surface area contributed by atoms with Gasteiger partial charge in [0.2, 0.25) is 5.95 Å². The van der Waals surface area contributed by atoms with Gasteiger partial charge in [0, 0.05) is 49.7 Å². The zero-order valence-corrected chi connectivity index (χ0v) is 18.8. The van der Waals surface area contributed by atoms with Crippen LogP contribution in [0, 0.1) is 0 Å². The van der Waals surface area contributed by atoms with E-state index in [1.807, 2.05) is 24.4 Å². The number of ether oxygens (including phenoxy) is 1. The molecule has 2 aliphatic heterocycles. The molecule has 0 aliphatic carbocycles. The third-order valence-corrected chi connectivity index (χ3v) is 6.08. The van der Waals surface area contributed by atoms with Crippen LogP contribution in [0.3, 0.4) is 0 Å². The van der Waals surface area contributed by atoms with Gasteiger partial charge in [0.1, 0.15) is 11.6 Å². The molecule has 0 saturated carbocycles. The standard InChI is InChI=1S/C24H30N8O/c25-22-5-3-18(16-27-22)20-15-21(30-24(29-20)32-11-13-33-14-12-32)19-4-6-23(28-17-19)26-7-10-31-8-1-2-9-31/h3-6,15-17H,1-2,7-14H2,(H2,25,27)(H,26,28). The number of hydrogen-bond donors (Lipinski definition) is 2. The Labute approximate surface area is 194 Å². The zero-order valence-electron chi connectivity index (χ0n) is 18.8.